The van der Waals surface area contributed by atoms with Gasteiger partial charge in [0.1, 0.15) is 0 Å². The highest BCUT2D eigenvalue weighted by Crippen LogP contribution is 2.45. The molecule has 1 heterocycles. The Bertz CT molecular complexity index is 581. The van der Waals surface area contributed by atoms with E-state index in [4.69, 9.17) is 0 Å². The van der Waals surface area contributed by atoms with E-state index in [0.717, 1.165) is 30.6 Å². The molecule has 1 saturated heterocycles. The summed E-state index contributed by atoms with van der Waals surface area (Å²) in [4.78, 5) is 16.5. The maximum absolute atomic E-state index is 12.4. The highest BCUT2D eigenvalue weighted by atomic mass is 16.2. The number of fused-ring (bicyclic) bond motifs is 2. The molecular formula is C18H24N2O. The van der Waals surface area contributed by atoms with E-state index in [-0.39, 0.29) is 11.3 Å². The summed E-state index contributed by atoms with van der Waals surface area (Å²) in [5, 5.41) is 0. The number of rotatable bonds is 1. The first-order valence-electron chi connectivity index (χ1n) is 7.74. The van der Waals surface area contributed by atoms with Crippen LogP contribution in [-0.2, 0) is 10.2 Å². The molecule has 1 aromatic carbocycles. The molecule has 0 radical (unpaired) electrons. The van der Waals surface area contributed by atoms with E-state index in [9.17, 15) is 4.79 Å². The summed E-state index contributed by atoms with van der Waals surface area (Å²) in [5.41, 5.74) is 3.64. The largest absolute Gasteiger partial charge is 0.345 e. The summed E-state index contributed by atoms with van der Waals surface area (Å²) in [6.45, 7) is 2.28. The second-order valence-electron chi connectivity index (χ2n) is 6.65. The van der Waals surface area contributed by atoms with Crippen LogP contribution in [0.2, 0.25) is 0 Å². The van der Waals surface area contributed by atoms with E-state index in [0.29, 0.717) is 0 Å². The topological polar surface area (TPSA) is 23.6 Å². The molecule has 0 unspecified atom stereocenters. The molecule has 1 fully saturated rings. The number of allylic oxidation sites excluding steroid dienone is 1. The Morgan fingerprint density at radius 2 is 1.86 bits per heavy atom. The van der Waals surface area contributed by atoms with Gasteiger partial charge in [-0.2, -0.15) is 0 Å². The van der Waals surface area contributed by atoms with Gasteiger partial charge in [-0.25, -0.2) is 0 Å². The van der Waals surface area contributed by atoms with Crippen molar-refractivity contribution in [1.29, 1.82) is 0 Å². The number of likely N-dealkylation sites (tertiary alicyclic amines) is 1. The van der Waals surface area contributed by atoms with Crippen LogP contribution in [0.5, 0.6) is 0 Å². The Morgan fingerprint density at radius 3 is 2.52 bits per heavy atom. The molecule has 1 amide bonds. The van der Waals surface area contributed by atoms with Crippen LogP contribution in [0.3, 0.4) is 0 Å². The molecule has 1 aliphatic carbocycles. The van der Waals surface area contributed by atoms with E-state index in [1.165, 1.54) is 18.4 Å². The molecule has 1 spiro atoms. The number of benzene rings is 1. The molecule has 0 atom stereocenters. The molecule has 0 saturated carbocycles. The molecule has 3 nitrogen and oxygen atoms in total. The molecule has 0 N–H and O–H groups in total. The summed E-state index contributed by atoms with van der Waals surface area (Å²) < 4.78 is 0. The third-order valence-corrected chi connectivity index (χ3v) is 5.07. The minimum Gasteiger partial charge on any atom is -0.345 e. The molecule has 1 aliphatic heterocycles. The maximum atomic E-state index is 12.4. The molecule has 21 heavy (non-hydrogen) atoms. The van der Waals surface area contributed by atoms with E-state index < -0.39 is 0 Å². The standard InChI is InChI=1S/C18H24N2O/c1-19(2)17(21)15-8-9-18(10-12-20(3)13-11-18)16-7-5-4-6-14(15)16/h4-8H,9-13H2,1-3H3. The van der Waals surface area contributed by atoms with Gasteiger partial charge in [0, 0.05) is 25.1 Å². The highest BCUT2D eigenvalue weighted by Gasteiger charge is 2.39. The number of nitrogens with zero attached hydrogens (tertiary/aromatic N) is 2. The predicted molar refractivity (Wildman–Crippen MR) is 86.1 cm³/mol. The van der Waals surface area contributed by atoms with Crippen LogP contribution in [0.15, 0.2) is 30.3 Å². The summed E-state index contributed by atoms with van der Waals surface area (Å²) in [5.74, 6) is 0.116. The van der Waals surface area contributed by atoms with E-state index >= 15 is 0 Å². The first-order chi connectivity index (χ1) is 10.0. The number of carbonyl (C=O) groups excluding carboxylic acids is 1. The third kappa shape index (κ3) is 2.40. The Balaban J connectivity index is 2.03. The Hall–Kier alpha value is -1.61. The lowest BCUT2D eigenvalue weighted by Gasteiger charge is -2.44. The van der Waals surface area contributed by atoms with Crippen molar-refractivity contribution in [3.63, 3.8) is 0 Å². The van der Waals surface area contributed by atoms with Gasteiger partial charge in [-0.3, -0.25) is 4.79 Å². The molecule has 3 heteroatoms. The van der Waals surface area contributed by atoms with Crippen molar-refractivity contribution in [2.45, 2.75) is 24.7 Å². The number of hydrogen-bond acceptors (Lipinski definition) is 2. The normalized spacial score (nSPS) is 20.8. The quantitative estimate of drug-likeness (QED) is 0.791. The van der Waals surface area contributed by atoms with Gasteiger partial charge in [-0.1, -0.05) is 30.3 Å². The number of amides is 1. The van der Waals surface area contributed by atoms with E-state index in [2.05, 4.69) is 36.2 Å². The zero-order chi connectivity index (χ0) is 15.0. The molecule has 1 aromatic rings. The van der Waals surface area contributed by atoms with Crippen LogP contribution in [0, 0.1) is 0 Å². The smallest absolute Gasteiger partial charge is 0.253 e. The summed E-state index contributed by atoms with van der Waals surface area (Å²) in [7, 11) is 5.84. The van der Waals surface area contributed by atoms with E-state index in [1.54, 1.807) is 4.90 Å². The fourth-order valence-corrected chi connectivity index (χ4v) is 3.66. The van der Waals surface area contributed by atoms with Crippen molar-refractivity contribution >= 4 is 11.5 Å². The molecule has 2 aliphatic rings. The lowest BCUT2D eigenvalue weighted by atomic mass is 9.65. The van der Waals surface area contributed by atoms with Crippen molar-refractivity contribution in [3.05, 3.63) is 41.5 Å². The minimum atomic E-state index is 0.116. The van der Waals surface area contributed by atoms with Crippen molar-refractivity contribution in [2.75, 3.05) is 34.2 Å². The van der Waals surface area contributed by atoms with Crippen molar-refractivity contribution < 1.29 is 4.79 Å². The number of hydrogen-bond donors (Lipinski definition) is 0. The Morgan fingerprint density at radius 1 is 1.19 bits per heavy atom. The van der Waals surface area contributed by atoms with Crippen LogP contribution in [0.25, 0.3) is 5.57 Å². The second kappa shape index (κ2) is 5.30. The Labute approximate surface area is 127 Å². The van der Waals surface area contributed by atoms with Gasteiger partial charge in [0.2, 0.25) is 0 Å². The maximum Gasteiger partial charge on any atom is 0.253 e. The second-order valence-corrected chi connectivity index (χ2v) is 6.65. The first-order valence-corrected chi connectivity index (χ1v) is 7.74. The third-order valence-electron chi connectivity index (χ3n) is 5.07. The Kier molecular flexibility index (Phi) is 3.62. The fourth-order valence-electron chi connectivity index (χ4n) is 3.66. The van der Waals surface area contributed by atoms with Crippen LogP contribution < -0.4 is 0 Å². The fraction of sp³-hybridized carbons (Fsp3) is 0.500. The number of likely N-dealkylation sites (N-methyl/N-ethyl adjacent to an activating group) is 1. The average Bonchev–Trinajstić information content (AvgIpc) is 2.50. The summed E-state index contributed by atoms with van der Waals surface area (Å²) in [6.07, 6.45) is 5.53. The highest BCUT2D eigenvalue weighted by molar-refractivity contribution is 6.20. The predicted octanol–water partition coefficient (Wildman–Crippen LogP) is 2.53. The minimum absolute atomic E-state index is 0.116. The van der Waals surface area contributed by atoms with Gasteiger partial charge in [0.05, 0.1) is 0 Å². The van der Waals surface area contributed by atoms with Gasteiger partial charge >= 0.3 is 0 Å². The lowest BCUT2D eigenvalue weighted by Crippen LogP contribution is -2.42. The molecule has 0 aromatic heterocycles. The summed E-state index contributed by atoms with van der Waals surface area (Å²) in [6, 6.07) is 8.50. The number of piperidine rings is 1. The van der Waals surface area contributed by atoms with Gasteiger partial charge in [0.25, 0.3) is 5.91 Å². The average molecular weight is 284 g/mol. The van der Waals surface area contributed by atoms with Crippen molar-refractivity contribution in [3.8, 4) is 0 Å². The SMILES string of the molecule is CN1CCC2(CC=C(C(=O)N(C)C)c3ccccc32)CC1. The molecule has 3 rings (SSSR count). The van der Waals surface area contributed by atoms with Gasteiger partial charge in [0.15, 0.2) is 0 Å². The molecular weight excluding hydrogens is 260 g/mol. The van der Waals surface area contributed by atoms with Gasteiger partial charge in [-0.05, 0) is 50.5 Å². The van der Waals surface area contributed by atoms with Crippen LogP contribution in [0.4, 0.5) is 0 Å². The zero-order valence-corrected chi connectivity index (χ0v) is 13.2. The molecule has 112 valence electrons. The van der Waals surface area contributed by atoms with Crippen LogP contribution in [-0.4, -0.2) is 49.9 Å². The van der Waals surface area contributed by atoms with E-state index in [1.807, 2.05) is 20.2 Å². The monoisotopic (exact) mass is 284 g/mol. The van der Waals surface area contributed by atoms with Crippen molar-refractivity contribution in [2.24, 2.45) is 0 Å². The molecule has 0 bridgehead atoms. The van der Waals surface area contributed by atoms with Gasteiger partial charge in [-0.15, -0.1) is 0 Å². The van der Waals surface area contributed by atoms with Crippen LogP contribution >= 0.6 is 0 Å². The zero-order valence-electron chi connectivity index (χ0n) is 13.2. The summed E-state index contributed by atoms with van der Waals surface area (Å²) >= 11 is 0. The van der Waals surface area contributed by atoms with Crippen LogP contribution in [0.1, 0.15) is 30.4 Å². The number of carbonyl (C=O) groups is 1. The van der Waals surface area contributed by atoms with Gasteiger partial charge < -0.3 is 9.80 Å². The first kappa shape index (κ1) is 14.3. The van der Waals surface area contributed by atoms with Crippen molar-refractivity contribution in [1.82, 2.24) is 9.80 Å². The lowest BCUT2D eigenvalue weighted by molar-refractivity contribution is -0.122.